The van der Waals surface area contributed by atoms with Crippen LogP contribution in [0.4, 0.5) is 0 Å². The van der Waals surface area contributed by atoms with Crippen molar-refractivity contribution >= 4 is 23.4 Å². The van der Waals surface area contributed by atoms with Gasteiger partial charge in [-0.1, -0.05) is 11.6 Å². The molecule has 2 heterocycles. The Kier molecular flexibility index (Phi) is 6.01. The van der Waals surface area contributed by atoms with E-state index in [0.29, 0.717) is 36.0 Å². The number of carbonyl (C=O) groups excluding carboxylic acids is 2. The highest BCUT2D eigenvalue weighted by molar-refractivity contribution is 6.31. The van der Waals surface area contributed by atoms with Gasteiger partial charge in [0, 0.05) is 57.3 Å². The SMILES string of the molecule is CC(=O)N1CCC(Oc2ccc(Cl)cc2C(=O)NCc2nccn2C)CC1. The van der Waals surface area contributed by atoms with Crippen LogP contribution < -0.4 is 10.1 Å². The zero-order valence-electron chi connectivity index (χ0n) is 15.4. The van der Waals surface area contributed by atoms with Crippen LogP contribution in [0.1, 0.15) is 35.9 Å². The molecule has 1 aliphatic rings. The van der Waals surface area contributed by atoms with E-state index in [0.717, 1.165) is 18.7 Å². The number of nitrogens with one attached hydrogen (secondary N) is 1. The summed E-state index contributed by atoms with van der Waals surface area (Å²) >= 11 is 6.09. The van der Waals surface area contributed by atoms with Crippen LogP contribution in [0.5, 0.6) is 5.75 Å². The summed E-state index contributed by atoms with van der Waals surface area (Å²) in [6.45, 7) is 3.21. The van der Waals surface area contributed by atoms with Crippen LogP contribution in [0.25, 0.3) is 0 Å². The molecule has 1 aromatic heterocycles. The van der Waals surface area contributed by atoms with Gasteiger partial charge in [-0.25, -0.2) is 4.98 Å². The first-order valence-corrected chi connectivity index (χ1v) is 9.28. The minimum Gasteiger partial charge on any atom is -0.489 e. The molecule has 0 radical (unpaired) electrons. The summed E-state index contributed by atoms with van der Waals surface area (Å²) in [6, 6.07) is 5.03. The van der Waals surface area contributed by atoms with Gasteiger partial charge in [0.05, 0.1) is 12.1 Å². The van der Waals surface area contributed by atoms with Gasteiger partial charge >= 0.3 is 0 Å². The van der Waals surface area contributed by atoms with E-state index >= 15 is 0 Å². The number of nitrogens with zero attached hydrogens (tertiary/aromatic N) is 3. The number of ether oxygens (including phenoxy) is 1. The lowest BCUT2D eigenvalue weighted by atomic mass is 10.1. The first-order chi connectivity index (χ1) is 12.9. The zero-order valence-corrected chi connectivity index (χ0v) is 16.2. The van der Waals surface area contributed by atoms with Gasteiger partial charge in [0.2, 0.25) is 5.91 Å². The molecule has 1 fully saturated rings. The number of benzene rings is 1. The predicted molar refractivity (Wildman–Crippen MR) is 102 cm³/mol. The summed E-state index contributed by atoms with van der Waals surface area (Å²) in [5.41, 5.74) is 0.394. The number of hydrogen-bond acceptors (Lipinski definition) is 4. The number of rotatable bonds is 5. The summed E-state index contributed by atoms with van der Waals surface area (Å²) < 4.78 is 7.92. The normalized spacial score (nSPS) is 14.9. The number of likely N-dealkylation sites (tertiary alicyclic amines) is 1. The number of halogens is 1. The third kappa shape index (κ3) is 4.80. The molecule has 2 amide bonds. The summed E-state index contributed by atoms with van der Waals surface area (Å²) in [5, 5.41) is 3.32. The maximum Gasteiger partial charge on any atom is 0.255 e. The van der Waals surface area contributed by atoms with Gasteiger partial charge < -0.3 is 19.5 Å². The average molecular weight is 391 g/mol. The largest absolute Gasteiger partial charge is 0.489 e. The van der Waals surface area contributed by atoms with Gasteiger partial charge in [-0.2, -0.15) is 0 Å². The van der Waals surface area contributed by atoms with Crippen LogP contribution in [0.3, 0.4) is 0 Å². The van der Waals surface area contributed by atoms with Crippen molar-refractivity contribution < 1.29 is 14.3 Å². The van der Waals surface area contributed by atoms with Crippen molar-refractivity contribution in [1.82, 2.24) is 19.8 Å². The fraction of sp³-hybridized carbons (Fsp3) is 0.421. The minimum atomic E-state index is -0.267. The molecule has 0 saturated carbocycles. The van der Waals surface area contributed by atoms with Crippen molar-refractivity contribution in [3.8, 4) is 5.75 Å². The average Bonchev–Trinajstić information content (AvgIpc) is 3.06. The molecule has 0 spiro atoms. The Morgan fingerprint density at radius 1 is 1.33 bits per heavy atom. The molecule has 7 nitrogen and oxygen atoms in total. The molecule has 8 heteroatoms. The van der Waals surface area contributed by atoms with Crippen molar-refractivity contribution in [2.75, 3.05) is 13.1 Å². The molecule has 1 aliphatic heterocycles. The van der Waals surface area contributed by atoms with Crippen molar-refractivity contribution in [1.29, 1.82) is 0 Å². The van der Waals surface area contributed by atoms with E-state index in [1.807, 2.05) is 22.7 Å². The molecular formula is C19H23ClN4O3. The first kappa shape index (κ1) is 19.2. The molecule has 0 bridgehead atoms. The van der Waals surface area contributed by atoms with Gasteiger partial charge in [0.15, 0.2) is 0 Å². The summed E-state index contributed by atoms with van der Waals surface area (Å²) in [4.78, 5) is 30.1. The molecule has 144 valence electrons. The first-order valence-electron chi connectivity index (χ1n) is 8.90. The van der Waals surface area contributed by atoms with Gasteiger partial charge in [0.1, 0.15) is 17.7 Å². The topological polar surface area (TPSA) is 76.5 Å². The Hall–Kier alpha value is -2.54. The molecule has 2 aromatic rings. The lowest BCUT2D eigenvalue weighted by Crippen LogP contribution is -2.40. The lowest BCUT2D eigenvalue weighted by molar-refractivity contribution is -0.130. The summed E-state index contributed by atoms with van der Waals surface area (Å²) in [7, 11) is 1.87. The van der Waals surface area contributed by atoms with Crippen molar-refractivity contribution in [3.05, 3.63) is 47.0 Å². The Bertz CT molecular complexity index is 828. The van der Waals surface area contributed by atoms with Crippen LogP contribution in [-0.4, -0.2) is 45.5 Å². The van der Waals surface area contributed by atoms with Gasteiger partial charge in [-0.05, 0) is 18.2 Å². The number of aromatic nitrogens is 2. The van der Waals surface area contributed by atoms with Crippen LogP contribution >= 0.6 is 11.6 Å². The van der Waals surface area contributed by atoms with E-state index in [-0.39, 0.29) is 17.9 Å². The molecule has 1 N–H and O–H groups in total. The zero-order chi connectivity index (χ0) is 19.4. The number of imidazole rings is 1. The molecule has 3 rings (SSSR count). The number of piperidine rings is 1. The van der Waals surface area contributed by atoms with Crippen molar-refractivity contribution in [2.24, 2.45) is 7.05 Å². The van der Waals surface area contributed by atoms with E-state index in [4.69, 9.17) is 16.3 Å². The highest BCUT2D eigenvalue weighted by Gasteiger charge is 2.24. The second-order valence-corrected chi connectivity index (χ2v) is 7.04. The minimum absolute atomic E-state index is 0.0390. The van der Waals surface area contributed by atoms with E-state index in [1.165, 1.54) is 0 Å². The third-order valence-electron chi connectivity index (χ3n) is 4.70. The van der Waals surface area contributed by atoms with Gasteiger partial charge in [-0.3, -0.25) is 9.59 Å². The Morgan fingerprint density at radius 3 is 2.70 bits per heavy atom. The monoisotopic (exact) mass is 390 g/mol. The second-order valence-electron chi connectivity index (χ2n) is 6.60. The van der Waals surface area contributed by atoms with Gasteiger partial charge in [0.25, 0.3) is 5.91 Å². The number of hydrogen-bond donors (Lipinski definition) is 1. The molecular weight excluding hydrogens is 368 g/mol. The summed E-state index contributed by atoms with van der Waals surface area (Å²) in [6.07, 6.45) is 4.93. The number of aryl methyl sites for hydroxylation is 1. The van der Waals surface area contributed by atoms with E-state index in [9.17, 15) is 9.59 Å². The highest BCUT2D eigenvalue weighted by atomic mass is 35.5. The number of carbonyl (C=O) groups is 2. The Labute approximate surface area is 163 Å². The van der Waals surface area contributed by atoms with Crippen molar-refractivity contribution in [3.63, 3.8) is 0 Å². The highest BCUT2D eigenvalue weighted by Crippen LogP contribution is 2.26. The lowest BCUT2D eigenvalue weighted by Gasteiger charge is -2.31. The fourth-order valence-corrected chi connectivity index (χ4v) is 3.24. The number of amides is 2. The standard InChI is InChI=1S/C19H23ClN4O3/c1-13(25)24-8-5-15(6-9-24)27-17-4-3-14(20)11-16(17)19(26)22-12-18-21-7-10-23(18)2/h3-4,7,10-11,15H,5-6,8-9,12H2,1-2H3,(H,22,26). The Balaban J connectivity index is 1.67. The van der Waals surface area contributed by atoms with Gasteiger partial charge in [-0.15, -0.1) is 0 Å². The maximum absolute atomic E-state index is 12.7. The maximum atomic E-state index is 12.7. The molecule has 1 aromatic carbocycles. The van der Waals surface area contributed by atoms with Crippen LogP contribution in [0.2, 0.25) is 5.02 Å². The van der Waals surface area contributed by atoms with Crippen LogP contribution in [-0.2, 0) is 18.4 Å². The fourth-order valence-electron chi connectivity index (χ4n) is 3.07. The molecule has 0 aliphatic carbocycles. The molecule has 0 unspecified atom stereocenters. The molecule has 1 saturated heterocycles. The van der Waals surface area contributed by atoms with Crippen LogP contribution in [0, 0.1) is 0 Å². The molecule has 0 atom stereocenters. The predicted octanol–water partition coefficient (Wildman–Crippen LogP) is 2.39. The smallest absolute Gasteiger partial charge is 0.255 e. The van der Waals surface area contributed by atoms with Crippen molar-refractivity contribution in [2.45, 2.75) is 32.4 Å². The third-order valence-corrected chi connectivity index (χ3v) is 4.93. The molecule has 27 heavy (non-hydrogen) atoms. The second kappa shape index (κ2) is 8.43. The Morgan fingerprint density at radius 2 is 2.07 bits per heavy atom. The van der Waals surface area contributed by atoms with Crippen LogP contribution in [0.15, 0.2) is 30.6 Å². The van der Waals surface area contributed by atoms with E-state index in [2.05, 4.69) is 10.3 Å². The summed E-state index contributed by atoms with van der Waals surface area (Å²) in [5.74, 6) is 1.06. The van der Waals surface area contributed by atoms with E-state index < -0.39 is 0 Å². The van der Waals surface area contributed by atoms with E-state index in [1.54, 1.807) is 31.3 Å². The quantitative estimate of drug-likeness (QED) is 0.850.